The first-order valence-electron chi connectivity index (χ1n) is 8.65. The molecule has 2 aromatic rings. The van der Waals surface area contributed by atoms with Crippen molar-refractivity contribution in [3.8, 4) is 22.6 Å². The quantitative estimate of drug-likeness (QED) is 0.621. The van der Waals surface area contributed by atoms with Crippen LogP contribution in [0.3, 0.4) is 0 Å². The zero-order chi connectivity index (χ0) is 18.7. The summed E-state index contributed by atoms with van der Waals surface area (Å²) in [5.41, 5.74) is 1.38. The summed E-state index contributed by atoms with van der Waals surface area (Å²) in [5, 5.41) is 12.5. The van der Waals surface area contributed by atoms with E-state index >= 15 is 0 Å². The van der Waals surface area contributed by atoms with Crippen LogP contribution in [-0.4, -0.2) is 16.4 Å². The van der Waals surface area contributed by atoms with Crippen LogP contribution in [0.5, 0.6) is 11.5 Å². The predicted molar refractivity (Wildman–Crippen MR) is 102 cm³/mol. The van der Waals surface area contributed by atoms with E-state index in [1.54, 1.807) is 32.9 Å². The molecule has 2 rings (SSSR count). The van der Waals surface area contributed by atoms with Gasteiger partial charge < -0.3 is 14.8 Å². The highest BCUT2D eigenvalue weighted by molar-refractivity contribution is 5.64. The Bertz CT molecular complexity index is 670. The summed E-state index contributed by atoms with van der Waals surface area (Å²) in [4.78, 5) is 5.31. The van der Waals surface area contributed by atoms with Crippen LogP contribution in [-0.2, 0) is 0 Å². The van der Waals surface area contributed by atoms with Crippen molar-refractivity contribution in [2.24, 2.45) is 0 Å². The van der Waals surface area contributed by atoms with Gasteiger partial charge in [-0.3, -0.25) is 0 Å². The van der Waals surface area contributed by atoms with E-state index in [4.69, 9.17) is 9.57 Å². The largest absolute Gasteiger partial charge is 0.752 e. The second kappa shape index (κ2) is 7.46. The van der Waals surface area contributed by atoms with E-state index in [0.717, 1.165) is 23.3 Å². The van der Waals surface area contributed by atoms with Crippen molar-refractivity contribution in [1.82, 2.24) is 5.23 Å². The Balaban J connectivity index is 2.07. The molecule has 0 fully saturated rings. The highest BCUT2D eigenvalue weighted by Gasteiger charge is 2.17. The maximum absolute atomic E-state index is 11.8. The van der Waals surface area contributed by atoms with Crippen LogP contribution in [0.4, 0.5) is 0 Å². The third-order valence-electron chi connectivity index (χ3n) is 4.02. The summed E-state index contributed by atoms with van der Waals surface area (Å²) in [6.07, 6.45) is 0.946. The number of hydrogen-bond acceptors (Lipinski definition) is 4. The average Bonchev–Trinajstić information content (AvgIpc) is 2.55. The Hall–Kier alpha value is -2.04. The van der Waals surface area contributed by atoms with Crippen molar-refractivity contribution < 1.29 is 9.57 Å². The van der Waals surface area contributed by atoms with Gasteiger partial charge in [0.05, 0.1) is 0 Å². The molecule has 0 spiro atoms. The molecule has 0 heterocycles. The summed E-state index contributed by atoms with van der Waals surface area (Å²) in [7, 11) is 0. The molecule has 0 unspecified atom stereocenters. The van der Waals surface area contributed by atoms with Gasteiger partial charge in [0.15, 0.2) is 0 Å². The Morgan fingerprint density at radius 3 is 1.64 bits per heavy atom. The first kappa shape index (κ1) is 19.3. The Labute approximate surface area is 150 Å². The molecule has 0 saturated carbocycles. The smallest absolute Gasteiger partial charge is 0.146 e. The molecule has 4 nitrogen and oxygen atoms in total. The van der Waals surface area contributed by atoms with Crippen molar-refractivity contribution in [3.05, 3.63) is 53.7 Å². The zero-order valence-electron chi connectivity index (χ0n) is 16.0. The maximum Gasteiger partial charge on any atom is 0.146 e. The van der Waals surface area contributed by atoms with Crippen molar-refractivity contribution in [1.29, 1.82) is 0 Å². The minimum Gasteiger partial charge on any atom is -0.752 e. The predicted octanol–water partition coefficient (Wildman–Crippen LogP) is 5.81. The van der Waals surface area contributed by atoms with Gasteiger partial charge in [-0.2, -0.15) is 0 Å². The van der Waals surface area contributed by atoms with Gasteiger partial charge in [0, 0.05) is 5.54 Å². The molecular weight excluding hydrogens is 314 g/mol. The van der Waals surface area contributed by atoms with E-state index in [9.17, 15) is 5.21 Å². The molecule has 0 radical (unpaired) electrons. The van der Waals surface area contributed by atoms with Crippen LogP contribution in [0.2, 0.25) is 0 Å². The van der Waals surface area contributed by atoms with Crippen LogP contribution in [0, 0.1) is 5.21 Å². The van der Waals surface area contributed by atoms with Gasteiger partial charge in [-0.25, -0.2) is 5.23 Å². The fourth-order valence-electron chi connectivity index (χ4n) is 2.05. The molecule has 136 valence electrons. The summed E-state index contributed by atoms with van der Waals surface area (Å²) in [6, 6.07) is 15.5. The highest BCUT2D eigenvalue weighted by atomic mass is 16.9. The van der Waals surface area contributed by atoms with Crippen molar-refractivity contribution in [2.45, 2.75) is 59.1 Å². The molecule has 0 saturated heterocycles. The van der Waals surface area contributed by atoms with Crippen molar-refractivity contribution in [3.63, 3.8) is 0 Å². The fraction of sp³-hybridized carbons (Fsp3) is 0.429. The average molecular weight is 342 g/mol. The number of nitrogens with zero attached hydrogens (tertiary/aromatic N) is 1. The Morgan fingerprint density at radius 1 is 0.800 bits per heavy atom. The lowest BCUT2D eigenvalue weighted by molar-refractivity contribution is -0.0791. The lowest BCUT2D eigenvalue weighted by atomic mass is 10.0. The lowest BCUT2D eigenvalue weighted by Crippen LogP contribution is -2.39. The minimum atomic E-state index is -0.596. The number of ether oxygens (including phenoxy) is 1. The number of rotatable bonds is 6. The normalized spacial score (nSPS) is 12.3. The second-order valence-electron chi connectivity index (χ2n) is 7.78. The fourth-order valence-corrected chi connectivity index (χ4v) is 2.05. The Morgan fingerprint density at radius 2 is 1.24 bits per heavy atom. The maximum atomic E-state index is 11.8. The summed E-state index contributed by atoms with van der Waals surface area (Å²) in [6.45, 7) is 11.7. The standard InChI is InChI=1S/C21H28NO3/c1-7-21(5,6)24-18-12-8-16(9-13-18)17-10-14-19(15-11-17)25-22(23)20(2,3)4/h8-15H,7H2,1-6H3/q-1. The molecule has 0 bridgehead atoms. The van der Waals surface area contributed by atoms with E-state index in [-0.39, 0.29) is 5.60 Å². The minimum absolute atomic E-state index is 0.169. The van der Waals surface area contributed by atoms with Crippen LogP contribution in [0.1, 0.15) is 48.0 Å². The zero-order valence-corrected chi connectivity index (χ0v) is 16.0. The summed E-state index contributed by atoms with van der Waals surface area (Å²) in [5.74, 6) is 1.39. The molecule has 2 aromatic carbocycles. The first-order valence-corrected chi connectivity index (χ1v) is 8.65. The molecule has 4 heteroatoms. The third kappa shape index (κ3) is 5.48. The van der Waals surface area contributed by atoms with Crippen LogP contribution < -0.4 is 9.57 Å². The SMILES string of the molecule is CCC(C)(C)Oc1ccc(-c2ccc(ON([O-])C(C)(C)C)cc2)cc1. The number of hydrogen-bond donors (Lipinski definition) is 0. The van der Waals surface area contributed by atoms with Gasteiger partial charge in [-0.1, -0.05) is 31.2 Å². The molecule has 0 aliphatic rings. The van der Waals surface area contributed by atoms with Gasteiger partial charge >= 0.3 is 0 Å². The summed E-state index contributed by atoms with van der Waals surface area (Å²) >= 11 is 0. The third-order valence-corrected chi connectivity index (χ3v) is 4.02. The van der Waals surface area contributed by atoms with E-state index in [1.165, 1.54) is 0 Å². The number of hydroxylamine groups is 2. The molecule has 0 aliphatic heterocycles. The molecule has 0 amide bonds. The molecule has 0 aliphatic carbocycles. The number of benzene rings is 2. The Kier molecular flexibility index (Phi) is 5.76. The topological polar surface area (TPSA) is 44.8 Å². The molecule has 0 atom stereocenters. The van der Waals surface area contributed by atoms with E-state index in [2.05, 4.69) is 20.8 Å². The molecule has 0 aromatic heterocycles. The van der Waals surface area contributed by atoms with Crippen LogP contribution in [0.25, 0.3) is 11.1 Å². The van der Waals surface area contributed by atoms with E-state index < -0.39 is 5.54 Å². The first-order chi connectivity index (χ1) is 11.6. The van der Waals surface area contributed by atoms with E-state index in [0.29, 0.717) is 11.0 Å². The van der Waals surface area contributed by atoms with Gasteiger partial charge in [0.25, 0.3) is 0 Å². The van der Waals surface area contributed by atoms with Crippen molar-refractivity contribution in [2.75, 3.05) is 0 Å². The second-order valence-corrected chi connectivity index (χ2v) is 7.78. The summed E-state index contributed by atoms with van der Waals surface area (Å²) < 4.78 is 5.98. The molecule has 25 heavy (non-hydrogen) atoms. The monoisotopic (exact) mass is 342 g/mol. The highest BCUT2D eigenvalue weighted by Crippen LogP contribution is 2.27. The van der Waals surface area contributed by atoms with Gasteiger partial charge in [0.1, 0.15) is 17.1 Å². The van der Waals surface area contributed by atoms with Gasteiger partial charge in [0.2, 0.25) is 0 Å². The van der Waals surface area contributed by atoms with E-state index in [1.807, 2.05) is 36.4 Å². The van der Waals surface area contributed by atoms with Crippen LogP contribution in [0.15, 0.2) is 48.5 Å². The van der Waals surface area contributed by atoms with Crippen molar-refractivity contribution >= 4 is 0 Å². The van der Waals surface area contributed by atoms with Crippen LogP contribution >= 0.6 is 0 Å². The van der Waals surface area contributed by atoms with Gasteiger partial charge in [-0.15, -0.1) is 0 Å². The molecule has 0 N–H and O–H groups in total. The van der Waals surface area contributed by atoms with Gasteiger partial charge in [-0.05, 0) is 76.4 Å². The lowest BCUT2D eigenvalue weighted by Gasteiger charge is -2.39. The molecular formula is C21H28NO3-.